The van der Waals surface area contributed by atoms with Gasteiger partial charge in [0.15, 0.2) is 6.10 Å². The van der Waals surface area contributed by atoms with Gasteiger partial charge in [-0.2, -0.15) is 5.10 Å². The second kappa shape index (κ2) is 7.84. The molecule has 0 aliphatic carbocycles. The summed E-state index contributed by atoms with van der Waals surface area (Å²) in [6.45, 7) is 5.34. The molecule has 0 aliphatic rings. The summed E-state index contributed by atoms with van der Waals surface area (Å²) < 4.78 is 5.66. The van der Waals surface area contributed by atoms with Crippen LogP contribution in [-0.4, -0.2) is 17.7 Å². The normalized spacial score (nSPS) is 12.6. The number of rotatable bonds is 5. The highest BCUT2D eigenvalue weighted by Crippen LogP contribution is 2.22. The van der Waals surface area contributed by atoms with Gasteiger partial charge in [0, 0.05) is 10.7 Å². The predicted molar refractivity (Wildman–Crippen MR) is 97.5 cm³/mol. The van der Waals surface area contributed by atoms with Crippen molar-refractivity contribution in [1.29, 1.82) is 0 Å². The zero-order valence-electron chi connectivity index (χ0n) is 13.8. The van der Waals surface area contributed by atoms with Crippen molar-refractivity contribution in [2.75, 3.05) is 5.73 Å². The lowest BCUT2D eigenvalue weighted by Gasteiger charge is -2.15. The number of nitrogens with two attached hydrogens (primary N) is 1. The molecular weight excluding hydrogens is 326 g/mol. The van der Waals surface area contributed by atoms with E-state index in [-0.39, 0.29) is 5.91 Å². The number of ether oxygens (including phenoxy) is 1. The fourth-order valence-electron chi connectivity index (χ4n) is 2.01. The minimum Gasteiger partial charge on any atom is -0.481 e. The number of anilines is 1. The third-order valence-electron chi connectivity index (χ3n) is 3.47. The molecule has 24 heavy (non-hydrogen) atoms. The Morgan fingerprint density at radius 3 is 2.54 bits per heavy atom. The first kappa shape index (κ1) is 17.8. The number of hydrogen-bond donors (Lipinski definition) is 2. The molecule has 0 saturated heterocycles. The number of carbonyl (C=O) groups is 1. The molecule has 2 rings (SSSR count). The van der Waals surface area contributed by atoms with Crippen molar-refractivity contribution in [3.63, 3.8) is 0 Å². The summed E-state index contributed by atoms with van der Waals surface area (Å²) in [4.78, 5) is 12.1. The average Bonchev–Trinajstić information content (AvgIpc) is 2.55. The summed E-state index contributed by atoms with van der Waals surface area (Å²) in [5.74, 6) is 0.278. The monoisotopic (exact) mass is 345 g/mol. The first-order chi connectivity index (χ1) is 11.4. The number of aryl methyl sites for hydroxylation is 1. The van der Waals surface area contributed by atoms with E-state index in [0.717, 1.165) is 11.1 Å². The van der Waals surface area contributed by atoms with Gasteiger partial charge in [-0.05, 0) is 62.2 Å². The van der Waals surface area contributed by atoms with Crippen molar-refractivity contribution >= 4 is 28.9 Å². The van der Waals surface area contributed by atoms with Crippen LogP contribution in [0.4, 0.5) is 5.69 Å². The molecule has 0 bridgehead atoms. The van der Waals surface area contributed by atoms with Crippen LogP contribution in [0.1, 0.15) is 25.0 Å². The van der Waals surface area contributed by atoms with Crippen LogP contribution in [0.2, 0.25) is 5.02 Å². The molecule has 0 aliphatic heterocycles. The zero-order chi connectivity index (χ0) is 17.7. The van der Waals surface area contributed by atoms with E-state index >= 15 is 0 Å². The summed E-state index contributed by atoms with van der Waals surface area (Å²) in [7, 11) is 0. The van der Waals surface area contributed by atoms with E-state index < -0.39 is 6.10 Å². The van der Waals surface area contributed by atoms with Crippen LogP contribution in [0, 0.1) is 6.92 Å². The second-order valence-corrected chi connectivity index (χ2v) is 5.90. The summed E-state index contributed by atoms with van der Waals surface area (Å²) in [6, 6.07) is 12.5. The minimum atomic E-state index is -0.687. The van der Waals surface area contributed by atoms with Crippen LogP contribution in [0.3, 0.4) is 0 Å². The van der Waals surface area contributed by atoms with Gasteiger partial charge >= 0.3 is 0 Å². The van der Waals surface area contributed by atoms with Crippen LogP contribution in [0.5, 0.6) is 5.75 Å². The van der Waals surface area contributed by atoms with Gasteiger partial charge in [-0.1, -0.05) is 23.7 Å². The molecule has 0 heterocycles. The molecule has 2 aromatic carbocycles. The first-order valence-corrected chi connectivity index (χ1v) is 7.87. The van der Waals surface area contributed by atoms with Crippen LogP contribution in [0.25, 0.3) is 0 Å². The lowest BCUT2D eigenvalue weighted by atomic mass is 10.1. The first-order valence-electron chi connectivity index (χ1n) is 7.49. The number of hydrazone groups is 1. The largest absolute Gasteiger partial charge is 0.481 e. The molecule has 0 aromatic heterocycles. The number of hydrogen-bond acceptors (Lipinski definition) is 4. The highest BCUT2D eigenvalue weighted by Gasteiger charge is 2.15. The number of nitrogens with one attached hydrogen (secondary N) is 1. The molecule has 0 fully saturated rings. The Bertz CT molecular complexity index is 757. The molecule has 3 N–H and O–H groups in total. The number of amides is 1. The van der Waals surface area contributed by atoms with E-state index in [9.17, 15) is 4.79 Å². The summed E-state index contributed by atoms with van der Waals surface area (Å²) >= 11 is 5.91. The summed E-state index contributed by atoms with van der Waals surface area (Å²) in [5.41, 5.74) is 11.3. The number of benzene rings is 2. The van der Waals surface area contributed by atoms with Crippen LogP contribution in [-0.2, 0) is 4.79 Å². The number of nitrogens with zero attached hydrogens (tertiary/aromatic N) is 1. The Labute approximate surface area is 146 Å². The molecule has 1 atom stereocenters. The molecule has 0 radical (unpaired) electrons. The minimum absolute atomic E-state index is 0.334. The number of carbonyl (C=O) groups excluding carboxylic acids is 1. The van der Waals surface area contributed by atoms with E-state index in [0.29, 0.717) is 22.2 Å². The zero-order valence-corrected chi connectivity index (χ0v) is 14.6. The molecule has 1 amide bonds. The Balaban J connectivity index is 1.98. The molecule has 126 valence electrons. The van der Waals surface area contributed by atoms with Crippen LogP contribution in [0.15, 0.2) is 47.6 Å². The number of halogens is 1. The average molecular weight is 346 g/mol. The highest BCUT2D eigenvalue weighted by molar-refractivity contribution is 6.30. The fraction of sp³-hybridized carbons (Fsp3) is 0.222. The smallest absolute Gasteiger partial charge is 0.280 e. The SMILES string of the molecule is CC(=NNC(=O)C(C)Oc1ccc(Cl)cc1C)c1ccc(N)cc1. The second-order valence-electron chi connectivity index (χ2n) is 5.47. The quantitative estimate of drug-likeness (QED) is 0.494. The maximum atomic E-state index is 12.1. The van der Waals surface area contributed by atoms with Crippen LogP contribution < -0.4 is 15.9 Å². The highest BCUT2D eigenvalue weighted by atomic mass is 35.5. The topological polar surface area (TPSA) is 76.7 Å². The van der Waals surface area contributed by atoms with Crippen molar-refractivity contribution < 1.29 is 9.53 Å². The molecule has 0 spiro atoms. The van der Waals surface area contributed by atoms with E-state index in [1.54, 1.807) is 44.2 Å². The van der Waals surface area contributed by atoms with Gasteiger partial charge < -0.3 is 10.5 Å². The van der Waals surface area contributed by atoms with Gasteiger partial charge in [0.05, 0.1) is 5.71 Å². The van der Waals surface area contributed by atoms with Gasteiger partial charge in [0.25, 0.3) is 5.91 Å². The van der Waals surface area contributed by atoms with Crippen molar-refractivity contribution in [3.8, 4) is 5.75 Å². The van der Waals surface area contributed by atoms with Crippen molar-refractivity contribution in [2.24, 2.45) is 5.10 Å². The molecule has 6 heteroatoms. The van der Waals surface area contributed by atoms with E-state index in [1.165, 1.54) is 0 Å². The third kappa shape index (κ3) is 4.73. The Morgan fingerprint density at radius 1 is 1.25 bits per heavy atom. The molecular formula is C18H20ClN3O2. The van der Waals surface area contributed by atoms with Gasteiger partial charge in [0.1, 0.15) is 5.75 Å². The summed E-state index contributed by atoms with van der Waals surface area (Å²) in [5, 5.41) is 4.72. The predicted octanol–water partition coefficient (Wildman–Crippen LogP) is 3.54. The standard InChI is InChI=1S/C18H20ClN3O2/c1-11-10-15(19)6-9-17(11)24-13(3)18(23)22-21-12(2)14-4-7-16(20)8-5-14/h4-10,13H,20H2,1-3H3,(H,22,23). The molecule has 0 saturated carbocycles. The maximum Gasteiger partial charge on any atom is 0.280 e. The Kier molecular flexibility index (Phi) is 5.82. The molecule has 5 nitrogen and oxygen atoms in total. The van der Waals surface area contributed by atoms with E-state index in [2.05, 4.69) is 10.5 Å². The van der Waals surface area contributed by atoms with Crippen molar-refractivity contribution in [3.05, 3.63) is 58.6 Å². The van der Waals surface area contributed by atoms with Crippen molar-refractivity contribution in [2.45, 2.75) is 26.9 Å². The summed E-state index contributed by atoms with van der Waals surface area (Å²) in [6.07, 6.45) is -0.687. The third-order valence-corrected chi connectivity index (χ3v) is 3.71. The fourth-order valence-corrected chi connectivity index (χ4v) is 2.23. The van der Waals surface area contributed by atoms with Crippen LogP contribution >= 0.6 is 11.6 Å². The lowest BCUT2D eigenvalue weighted by molar-refractivity contribution is -0.127. The van der Waals surface area contributed by atoms with Gasteiger partial charge in [-0.3, -0.25) is 4.79 Å². The van der Waals surface area contributed by atoms with E-state index in [1.807, 2.05) is 19.1 Å². The lowest BCUT2D eigenvalue weighted by Crippen LogP contribution is -2.34. The number of nitrogen functional groups attached to an aromatic ring is 1. The van der Waals surface area contributed by atoms with Gasteiger partial charge in [0.2, 0.25) is 0 Å². The maximum absolute atomic E-state index is 12.1. The van der Waals surface area contributed by atoms with Gasteiger partial charge in [-0.15, -0.1) is 0 Å². The van der Waals surface area contributed by atoms with E-state index in [4.69, 9.17) is 22.1 Å². The molecule has 2 aromatic rings. The molecule has 1 unspecified atom stereocenters. The van der Waals surface area contributed by atoms with Crippen molar-refractivity contribution in [1.82, 2.24) is 5.43 Å². The Hall–Kier alpha value is -2.53. The van der Waals surface area contributed by atoms with Gasteiger partial charge in [-0.25, -0.2) is 5.43 Å². The Morgan fingerprint density at radius 2 is 1.92 bits per heavy atom.